The van der Waals surface area contributed by atoms with Crippen molar-refractivity contribution in [3.63, 3.8) is 0 Å². The number of esters is 1. The Kier molecular flexibility index (Phi) is 5.40. The third kappa shape index (κ3) is 4.44. The van der Waals surface area contributed by atoms with E-state index in [0.717, 1.165) is 16.8 Å². The van der Waals surface area contributed by atoms with E-state index >= 15 is 0 Å². The summed E-state index contributed by atoms with van der Waals surface area (Å²) in [4.78, 5) is 35.1. The number of anilines is 2. The number of methoxy groups -OCH3 is 1. The molecule has 1 aliphatic heterocycles. The van der Waals surface area contributed by atoms with Crippen LogP contribution in [0.15, 0.2) is 36.4 Å². The van der Waals surface area contributed by atoms with Gasteiger partial charge < -0.3 is 20.1 Å². The number of hydrogen-bond acceptors (Lipinski definition) is 5. The molecule has 0 atom stereocenters. The van der Waals surface area contributed by atoms with E-state index < -0.39 is 5.97 Å². The van der Waals surface area contributed by atoms with Gasteiger partial charge >= 0.3 is 5.97 Å². The second kappa shape index (κ2) is 7.90. The molecule has 0 aliphatic carbocycles. The van der Waals surface area contributed by atoms with Gasteiger partial charge in [0, 0.05) is 17.8 Å². The second-order valence-corrected chi connectivity index (χ2v) is 6.23. The number of carbonyl (C=O) groups is 3. The van der Waals surface area contributed by atoms with Gasteiger partial charge in [0.05, 0.1) is 12.7 Å². The Labute approximate surface area is 156 Å². The lowest BCUT2D eigenvalue weighted by Gasteiger charge is -2.17. The molecule has 0 aromatic heterocycles. The maximum atomic E-state index is 12.2. The fourth-order valence-electron chi connectivity index (χ4n) is 2.83. The Balaban J connectivity index is 1.59. The lowest BCUT2D eigenvalue weighted by atomic mass is 10.0. The van der Waals surface area contributed by atoms with E-state index in [9.17, 15) is 14.4 Å². The van der Waals surface area contributed by atoms with E-state index in [1.165, 1.54) is 7.11 Å². The summed E-state index contributed by atoms with van der Waals surface area (Å²) in [5, 5.41) is 5.56. The zero-order chi connectivity index (χ0) is 19.4. The van der Waals surface area contributed by atoms with Crippen molar-refractivity contribution >= 4 is 29.2 Å². The number of benzene rings is 2. The van der Waals surface area contributed by atoms with Crippen molar-refractivity contribution in [2.24, 2.45) is 0 Å². The predicted molar refractivity (Wildman–Crippen MR) is 100 cm³/mol. The van der Waals surface area contributed by atoms with Crippen LogP contribution >= 0.6 is 0 Å². The van der Waals surface area contributed by atoms with Crippen LogP contribution in [0.25, 0.3) is 0 Å². The van der Waals surface area contributed by atoms with Gasteiger partial charge in [-0.25, -0.2) is 4.79 Å². The Hall–Kier alpha value is -3.35. The largest absolute Gasteiger partial charge is 0.484 e. The summed E-state index contributed by atoms with van der Waals surface area (Å²) in [7, 11) is 1.32. The SMILES string of the molecule is COC(=O)c1ccc(NC(=O)COc2ccc3c(c2)CCC(=O)N3)c(C)c1. The number of fused-ring (bicyclic) bond motifs is 1. The van der Waals surface area contributed by atoms with Crippen LogP contribution in [-0.2, 0) is 20.7 Å². The Morgan fingerprint density at radius 2 is 1.96 bits per heavy atom. The summed E-state index contributed by atoms with van der Waals surface area (Å²) >= 11 is 0. The molecule has 2 aromatic carbocycles. The molecule has 3 rings (SSSR count). The molecule has 0 saturated carbocycles. The van der Waals surface area contributed by atoms with Gasteiger partial charge in [0.15, 0.2) is 6.61 Å². The van der Waals surface area contributed by atoms with Crippen LogP contribution in [0.2, 0.25) is 0 Å². The summed E-state index contributed by atoms with van der Waals surface area (Å²) in [5.74, 6) is -0.167. The van der Waals surface area contributed by atoms with Gasteiger partial charge in [-0.3, -0.25) is 9.59 Å². The molecule has 0 spiro atoms. The van der Waals surface area contributed by atoms with Crippen LogP contribution in [0, 0.1) is 6.92 Å². The molecular weight excluding hydrogens is 348 g/mol. The molecule has 2 aromatic rings. The minimum Gasteiger partial charge on any atom is -0.484 e. The van der Waals surface area contributed by atoms with Gasteiger partial charge in [-0.05, 0) is 60.9 Å². The van der Waals surface area contributed by atoms with Gasteiger partial charge in [0.1, 0.15) is 5.75 Å². The molecular formula is C20H20N2O5. The van der Waals surface area contributed by atoms with E-state index in [-0.39, 0.29) is 18.4 Å². The molecule has 0 fully saturated rings. The lowest BCUT2D eigenvalue weighted by Crippen LogP contribution is -2.21. The molecule has 7 nitrogen and oxygen atoms in total. The van der Waals surface area contributed by atoms with Crippen LogP contribution in [0.1, 0.15) is 27.9 Å². The van der Waals surface area contributed by atoms with E-state index in [1.54, 1.807) is 37.3 Å². The first-order valence-corrected chi connectivity index (χ1v) is 8.50. The minimum absolute atomic E-state index is 0.00383. The van der Waals surface area contributed by atoms with Gasteiger partial charge in [0.25, 0.3) is 5.91 Å². The Morgan fingerprint density at radius 3 is 2.70 bits per heavy atom. The Morgan fingerprint density at radius 1 is 1.15 bits per heavy atom. The van der Waals surface area contributed by atoms with Crippen LogP contribution in [0.3, 0.4) is 0 Å². The summed E-state index contributed by atoms with van der Waals surface area (Å²) in [6.07, 6.45) is 1.09. The molecule has 7 heteroatoms. The highest BCUT2D eigenvalue weighted by Crippen LogP contribution is 2.26. The minimum atomic E-state index is -0.428. The molecule has 0 unspecified atom stereocenters. The fraction of sp³-hybridized carbons (Fsp3) is 0.250. The van der Waals surface area contributed by atoms with Crippen molar-refractivity contribution in [1.29, 1.82) is 0 Å². The van der Waals surface area contributed by atoms with E-state index in [1.807, 2.05) is 6.07 Å². The molecule has 140 valence electrons. The summed E-state index contributed by atoms with van der Waals surface area (Å²) < 4.78 is 10.2. The van der Waals surface area contributed by atoms with Crippen LogP contribution < -0.4 is 15.4 Å². The second-order valence-electron chi connectivity index (χ2n) is 6.23. The van der Waals surface area contributed by atoms with E-state index in [4.69, 9.17) is 4.74 Å². The lowest BCUT2D eigenvalue weighted by molar-refractivity contribution is -0.118. The third-order valence-corrected chi connectivity index (χ3v) is 4.26. The van der Waals surface area contributed by atoms with E-state index in [2.05, 4.69) is 15.4 Å². The number of hydrogen-bond donors (Lipinski definition) is 2. The highest BCUT2D eigenvalue weighted by Gasteiger charge is 2.15. The van der Waals surface area contributed by atoms with E-state index in [0.29, 0.717) is 29.8 Å². The normalized spacial score (nSPS) is 12.6. The molecule has 0 bridgehead atoms. The third-order valence-electron chi connectivity index (χ3n) is 4.26. The molecule has 1 aliphatic rings. The average molecular weight is 368 g/mol. The number of nitrogens with one attached hydrogen (secondary N) is 2. The van der Waals surface area contributed by atoms with Crippen molar-refractivity contribution in [3.05, 3.63) is 53.1 Å². The van der Waals surface area contributed by atoms with Crippen LogP contribution in [0.5, 0.6) is 5.75 Å². The standard InChI is InChI=1S/C20H20N2O5/c1-12-9-14(20(25)26-2)3-6-16(12)21-19(24)11-27-15-5-7-17-13(10-15)4-8-18(23)22-17/h3,5-7,9-10H,4,8,11H2,1-2H3,(H,21,24)(H,22,23). The van der Waals surface area contributed by atoms with Gasteiger partial charge in [-0.15, -0.1) is 0 Å². The zero-order valence-corrected chi connectivity index (χ0v) is 15.1. The number of amides is 2. The molecule has 0 radical (unpaired) electrons. The van der Waals surface area contributed by atoms with Gasteiger partial charge in [-0.1, -0.05) is 0 Å². The number of carbonyl (C=O) groups excluding carboxylic acids is 3. The first kappa shape index (κ1) is 18.4. The quantitative estimate of drug-likeness (QED) is 0.792. The highest BCUT2D eigenvalue weighted by atomic mass is 16.5. The van der Waals surface area contributed by atoms with Crippen molar-refractivity contribution in [3.8, 4) is 5.75 Å². The molecule has 27 heavy (non-hydrogen) atoms. The first-order valence-electron chi connectivity index (χ1n) is 8.50. The average Bonchev–Trinajstić information content (AvgIpc) is 2.67. The molecule has 2 amide bonds. The topological polar surface area (TPSA) is 93.7 Å². The Bertz CT molecular complexity index is 907. The molecule has 1 heterocycles. The summed E-state index contributed by atoms with van der Waals surface area (Å²) in [6.45, 7) is 1.64. The fourth-order valence-corrected chi connectivity index (χ4v) is 2.83. The zero-order valence-electron chi connectivity index (χ0n) is 15.1. The smallest absolute Gasteiger partial charge is 0.337 e. The monoisotopic (exact) mass is 368 g/mol. The summed E-state index contributed by atoms with van der Waals surface area (Å²) in [5.41, 5.74) is 3.54. The molecule has 0 saturated heterocycles. The predicted octanol–water partition coefficient (Wildman–Crippen LogP) is 2.68. The van der Waals surface area contributed by atoms with Crippen molar-refractivity contribution < 1.29 is 23.9 Å². The molecule has 2 N–H and O–H groups in total. The first-order chi connectivity index (χ1) is 13.0. The maximum Gasteiger partial charge on any atom is 0.337 e. The van der Waals surface area contributed by atoms with Crippen LogP contribution in [-0.4, -0.2) is 31.5 Å². The summed E-state index contributed by atoms with van der Waals surface area (Å²) in [6, 6.07) is 10.2. The maximum absolute atomic E-state index is 12.2. The van der Waals surface area contributed by atoms with Crippen molar-refractivity contribution in [2.75, 3.05) is 24.4 Å². The number of ether oxygens (including phenoxy) is 2. The van der Waals surface area contributed by atoms with Gasteiger partial charge in [0.2, 0.25) is 5.91 Å². The van der Waals surface area contributed by atoms with Crippen molar-refractivity contribution in [1.82, 2.24) is 0 Å². The van der Waals surface area contributed by atoms with Crippen molar-refractivity contribution in [2.45, 2.75) is 19.8 Å². The van der Waals surface area contributed by atoms with Crippen LogP contribution in [0.4, 0.5) is 11.4 Å². The highest BCUT2D eigenvalue weighted by molar-refractivity contribution is 5.95. The number of aryl methyl sites for hydroxylation is 2. The van der Waals surface area contributed by atoms with Gasteiger partial charge in [-0.2, -0.15) is 0 Å². The number of rotatable bonds is 5.